The third kappa shape index (κ3) is 1.44. The van der Waals surface area contributed by atoms with Crippen LogP contribution in [-0.4, -0.2) is 36.2 Å². The third-order valence-electron chi connectivity index (χ3n) is 2.39. The number of aromatic nitrogens is 5. The second-order valence-electron chi connectivity index (χ2n) is 3.43. The molecule has 84 valence electrons. The van der Waals surface area contributed by atoms with Gasteiger partial charge in [0, 0.05) is 12.4 Å². The van der Waals surface area contributed by atoms with Gasteiger partial charge in [-0.2, -0.15) is 5.10 Å². The predicted octanol–water partition coefficient (Wildman–Crippen LogP) is 1.05. The molecule has 0 aromatic carbocycles. The van der Waals surface area contributed by atoms with E-state index in [2.05, 4.69) is 25.1 Å². The molecule has 17 heavy (non-hydrogen) atoms. The molecule has 3 aromatic rings. The highest BCUT2D eigenvalue weighted by Gasteiger charge is 2.14. The van der Waals surface area contributed by atoms with Crippen molar-refractivity contribution in [2.24, 2.45) is 0 Å². The summed E-state index contributed by atoms with van der Waals surface area (Å²) in [6.45, 7) is 0. The molecule has 3 N–H and O–H groups in total. The number of nitrogens with zero attached hydrogens (tertiary/aromatic N) is 3. The number of carboxylic acids is 1. The van der Waals surface area contributed by atoms with Crippen LogP contribution in [0.25, 0.3) is 22.6 Å². The fourth-order valence-electron chi connectivity index (χ4n) is 1.61. The molecule has 3 aromatic heterocycles. The molecule has 3 heterocycles. The minimum Gasteiger partial charge on any atom is -0.478 e. The molecule has 3 rings (SSSR count). The quantitative estimate of drug-likeness (QED) is 0.608. The Balaban J connectivity index is 2.26. The Morgan fingerprint density at radius 3 is 3.00 bits per heavy atom. The topological polar surface area (TPSA) is 108 Å². The molecule has 7 heteroatoms. The molecule has 0 saturated heterocycles. The van der Waals surface area contributed by atoms with Gasteiger partial charge in [-0.25, -0.2) is 14.8 Å². The molecule has 0 aliphatic carbocycles. The Morgan fingerprint density at radius 1 is 1.41 bits per heavy atom. The number of carbonyl (C=O) groups is 1. The highest BCUT2D eigenvalue weighted by atomic mass is 16.4. The molecule has 0 radical (unpaired) electrons. The van der Waals surface area contributed by atoms with Gasteiger partial charge in [0.05, 0.1) is 22.8 Å². The molecule has 0 amide bonds. The second-order valence-corrected chi connectivity index (χ2v) is 3.43. The first kappa shape index (κ1) is 9.52. The highest BCUT2D eigenvalue weighted by Crippen LogP contribution is 2.20. The summed E-state index contributed by atoms with van der Waals surface area (Å²) in [4.78, 5) is 22.2. The largest absolute Gasteiger partial charge is 0.478 e. The summed E-state index contributed by atoms with van der Waals surface area (Å²) < 4.78 is 0. The fraction of sp³-hybridized carbons (Fsp3) is 0. The van der Waals surface area contributed by atoms with Gasteiger partial charge in [0.1, 0.15) is 5.82 Å². The van der Waals surface area contributed by atoms with Crippen molar-refractivity contribution in [1.82, 2.24) is 25.1 Å². The van der Waals surface area contributed by atoms with Crippen LogP contribution in [0.15, 0.2) is 24.7 Å². The number of H-pyrrole nitrogens is 2. The van der Waals surface area contributed by atoms with Gasteiger partial charge >= 0.3 is 5.97 Å². The van der Waals surface area contributed by atoms with E-state index in [9.17, 15) is 4.79 Å². The van der Waals surface area contributed by atoms with E-state index >= 15 is 0 Å². The molecular formula is C10H7N5O2. The van der Waals surface area contributed by atoms with E-state index < -0.39 is 5.97 Å². The predicted molar refractivity (Wildman–Crippen MR) is 58.4 cm³/mol. The molecule has 7 nitrogen and oxygen atoms in total. The zero-order valence-electron chi connectivity index (χ0n) is 8.51. The van der Waals surface area contributed by atoms with Crippen LogP contribution in [0.3, 0.4) is 0 Å². The van der Waals surface area contributed by atoms with Crippen molar-refractivity contribution in [3.05, 3.63) is 30.2 Å². The lowest BCUT2D eigenvalue weighted by molar-refractivity contribution is 0.0699. The van der Waals surface area contributed by atoms with E-state index in [-0.39, 0.29) is 5.56 Å². The van der Waals surface area contributed by atoms with Gasteiger partial charge in [-0.05, 0) is 6.07 Å². The van der Waals surface area contributed by atoms with E-state index in [1.165, 1.54) is 12.3 Å². The summed E-state index contributed by atoms with van der Waals surface area (Å²) in [6.07, 6.45) is 4.68. The Morgan fingerprint density at radius 2 is 2.29 bits per heavy atom. The number of pyridine rings is 1. The summed E-state index contributed by atoms with van der Waals surface area (Å²) in [6, 6.07) is 1.43. The summed E-state index contributed by atoms with van der Waals surface area (Å²) in [5.74, 6) is -0.477. The molecule has 0 atom stereocenters. The van der Waals surface area contributed by atoms with Crippen LogP contribution in [0, 0.1) is 0 Å². The molecule has 0 saturated carbocycles. The van der Waals surface area contributed by atoms with E-state index in [0.29, 0.717) is 17.0 Å². The molecule has 0 aliphatic rings. The number of aromatic carboxylic acids is 1. The van der Waals surface area contributed by atoms with E-state index in [1.54, 1.807) is 12.4 Å². The molecule has 0 spiro atoms. The van der Waals surface area contributed by atoms with Crippen molar-refractivity contribution in [2.45, 2.75) is 0 Å². The number of hydrogen-bond donors (Lipinski definition) is 3. The smallest absolute Gasteiger partial charge is 0.338 e. The van der Waals surface area contributed by atoms with Crippen LogP contribution in [0.4, 0.5) is 0 Å². The van der Waals surface area contributed by atoms with Gasteiger partial charge in [0.15, 0.2) is 5.65 Å². The molecule has 0 fully saturated rings. The minimum absolute atomic E-state index is 0.150. The van der Waals surface area contributed by atoms with Crippen molar-refractivity contribution < 1.29 is 9.90 Å². The Labute approximate surface area is 94.5 Å². The zero-order chi connectivity index (χ0) is 11.8. The molecular weight excluding hydrogens is 222 g/mol. The number of hydrogen-bond acceptors (Lipinski definition) is 4. The standard InChI is InChI=1S/C10H7N5O2/c16-10(17)6-1-2-11-9-7(6)14-8(15-9)5-3-12-13-4-5/h1-4H,(H,12,13)(H,16,17)(H,11,14,15). The van der Waals surface area contributed by atoms with Gasteiger partial charge in [0.2, 0.25) is 0 Å². The minimum atomic E-state index is -1.01. The number of imidazole rings is 1. The Kier molecular flexibility index (Phi) is 1.91. The fourth-order valence-corrected chi connectivity index (χ4v) is 1.61. The average molecular weight is 229 g/mol. The lowest BCUT2D eigenvalue weighted by Crippen LogP contribution is -1.97. The van der Waals surface area contributed by atoms with Gasteiger partial charge in [-0.15, -0.1) is 0 Å². The van der Waals surface area contributed by atoms with E-state index in [0.717, 1.165) is 5.56 Å². The average Bonchev–Trinajstić information content (AvgIpc) is 2.96. The number of rotatable bonds is 2. The Bertz CT molecular complexity index is 686. The zero-order valence-corrected chi connectivity index (χ0v) is 8.51. The van der Waals surface area contributed by atoms with Crippen LogP contribution < -0.4 is 0 Å². The lowest BCUT2D eigenvalue weighted by Gasteiger charge is -1.93. The van der Waals surface area contributed by atoms with Gasteiger partial charge in [-0.1, -0.05) is 0 Å². The van der Waals surface area contributed by atoms with Crippen LogP contribution >= 0.6 is 0 Å². The van der Waals surface area contributed by atoms with Crippen LogP contribution in [0.2, 0.25) is 0 Å². The maximum absolute atomic E-state index is 11.0. The number of aromatic amines is 2. The first-order chi connectivity index (χ1) is 8.25. The summed E-state index contributed by atoms with van der Waals surface area (Å²) in [7, 11) is 0. The number of carboxylic acid groups (broad SMARTS) is 1. The van der Waals surface area contributed by atoms with Crippen molar-refractivity contribution >= 4 is 17.1 Å². The maximum atomic E-state index is 11.0. The lowest BCUT2D eigenvalue weighted by atomic mass is 10.2. The first-order valence-corrected chi connectivity index (χ1v) is 4.83. The summed E-state index contributed by atoms with van der Waals surface area (Å²) in [5.41, 5.74) is 1.69. The van der Waals surface area contributed by atoms with Gasteiger partial charge in [-0.3, -0.25) is 5.10 Å². The maximum Gasteiger partial charge on any atom is 0.338 e. The van der Waals surface area contributed by atoms with Crippen molar-refractivity contribution in [3.8, 4) is 11.4 Å². The normalized spacial score (nSPS) is 10.8. The van der Waals surface area contributed by atoms with Crippen molar-refractivity contribution in [3.63, 3.8) is 0 Å². The van der Waals surface area contributed by atoms with E-state index in [1.807, 2.05) is 0 Å². The SMILES string of the molecule is O=C(O)c1ccnc2nc(-c3cn[nH]c3)[nH]c12. The first-order valence-electron chi connectivity index (χ1n) is 4.83. The molecule has 0 bridgehead atoms. The highest BCUT2D eigenvalue weighted by molar-refractivity contribution is 6.00. The van der Waals surface area contributed by atoms with E-state index in [4.69, 9.17) is 5.11 Å². The second kappa shape index (κ2) is 3.41. The van der Waals surface area contributed by atoms with Gasteiger partial charge in [0.25, 0.3) is 0 Å². The Hall–Kier alpha value is -2.70. The summed E-state index contributed by atoms with van der Waals surface area (Å²) in [5, 5.41) is 15.5. The van der Waals surface area contributed by atoms with Crippen LogP contribution in [0.1, 0.15) is 10.4 Å². The van der Waals surface area contributed by atoms with Crippen molar-refractivity contribution in [2.75, 3.05) is 0 Å². The number of nitrogens with one attached hydrogen (secondary N) is 2. The molecule has 0 unspecified atom stereocenters. The monoisotopic (exact) mass is 229 g/mol. The third-order valence-corrected chi connectivity index (χ3v) is 2.39. The molecule has 0 aliphatic heterocycles. The number of fused-ring (bicyclic) bond motifs is 1. The van der Waals surface area contributed by atoms with Crippen LogP contribution in [-0.2, 0) is 0 Å². The summed E-state index contributed by atoms with van der Waals surface area (Å²) >= 11 is 0. The van der Waals surface area contributed by atoms with Gasteiger partial charge < -0.3 is 10.1 Å². The van der Waals surface area contributed by atoms with Crippen molar-refractivity contribution in [1.29, 1.82) is 0 Å². The van der Waals surface area contributed by atoms with Crippen LogP contribution in [0.5, 0.6) is 0 Å².